The van der Waals surface area contributed by atoms with Gasteiger partial charge in [-0.1, -0.05) is 109 Å². The summed E-state index contributed by atoms with van der Waals surface area (Å²) in [6, 6.07) is 35.6. The number of nitrogens with one attached hydrogen (secondary N) is 2. The van der Waals surface area contributed by atoms with Crippen LogP contribution in [-0.2, 0) is 59.4 Å². The van der Waals surface area contributed by atoms with Crippen molar-refractivity contribution in [2.75, 3.05) is 13.2 Å². The lowest BCUT2D eigenvalue weighted by Crippen LogP contribution is -2.92. The zero-order chi connectivity index (χ0) is 70.1. The standard InChI is InChI=1S/C72H66N4O20/c1-37(79)63(35-77)65(87,39(3)81)67(89,41(5)83)69(91,43(7)85)71(93,95-63)49-23-19-47(20-24-49)61-55-31-27-51(73-55)59(45-15-11-9-12-16-45)53-29-33-57(75-53)62(58-34-30-54(76-58)60(46-17-13-10-14-18-46)52-28-32-56(61)74-52)48-21-25-50(26-22-48)72(94)70(92,44(8)86)68(90,42(6)84)66(88,40(4)82)64(36-78,96-72)38(2)80/h9-34,73,76-78,87-94H,35-36H2,1-8H3/t63-,64-,65+,66+,67-,68-,69-,70-,71-,72-/m0/s1. The molecular weight excluding hydrogens is 1240 g/mol. The molecule has 0 unspecified atom stereocenters. The van der Waals surface area contributed by atoms with E-state index in [0.29, 0.717) is 131 Å². The number of Topliss-reactive ketones (excluding diaryl/α,β-unsaturated/α-hetero) is 8. The van der Waals surface area contributed by atoms with E-state index < -0.39 is 127 Å². The molecule has 12 N–H and O–H groups in total. The third-order valence-electron chi connectivity index (χ3n) is 19.5. The third-order valence-corrected chi connectivity index (χ3v) is 19.5. The van der Waals surface area contributed by atoms with Crippen LogP contribution in [0.1, 0.15) is 89.3 Å². The predicted molar refractivity (Wildman–Crippen MR) is 345 cm³/mol. The molecule has 24 nitrogen and oxygen atoms in total. The fraction of sp³-hybridized carbons (Fsp3) is 0.278. The molecular formula is C72H66N4O20. The largest absolute Gasteiger partial charge is 0.393 e. The number of aliphatic hydroxyl groups is 10. The van der Waals surface area contributed by atoms with Crippen molar-refractivity contribution in [3.8, 4) is 44.5 Å². The summed E-state index contributed by atoms with van der Waals surface area (Å²) in [6.07, 6.45) is 6.98. The van der Waals surface area contributed by atoms with Gasteiger partial charge in [0.05, 0.1) is 36.0 Å². The number of nitrogens with zero attached hydrogens (tertiary/aromatic N) is 2. The van der Waals surface area contributed by atoms with Crippen molar-refractivity contribution in [1.29, 1.82) is 0 Å². The molecule has 0 radical (unpaired) electrons. The molecule has 0 spiro atoms. The number of fused-ring (bicyclic) bond motifs is 8. The Bertz CT molecular complexity index is 4460. The third kappa shape index (κ3) is 8.65. The lowest BCUT2D eigenvalue weighted by Gasteiger charge is -2.64. The van der Waals surface area contributed by atoms with E-state index >= 15 is 0 Å². The molecule has 2 fully saturated rings. The topological polar surface area (TPSA) is 415 Å². The van der Waals surface area contributed by atoms with Gasteiger partial charge < -0.3 is 70.5 Å². The summed E-state index contributed by atoms with van der Waals surface area (Å²) in [5.41, 5.74) is -24.6. The molecule has 96 heavy (non-hydrogen) atoms. The number of aromatic nitrogens is 4. The molecule has 4 aliphatic rings. The van der Waals surface area contributed by atoms with E-state index in [2.05, 4.69) is 9.97 Å². The van der Waals surface area contributed by atoms with Crippen molar-refractivity contribution in [2.45, 2.75) is 112 Å². The number of carbonyl (C=O) groups excluding carboxylic acids is 8. The minimum atomic E-state index is -4.06. The summed E-state index contributed by atoms with van der Waals surface area (Å²) < 4.78 is 11.7. The Morgan fingerprint density at radius 3 is 0.781 bits per heavy atom. The van der Waals surface area contributed by atoms with E-state index in [4.69, 9.17) is 19.4 Å². The number of hydrogen-bond acceptors (Lipinski definition) is 22. The number of hydrogen-bond donors (Lipinski definition) is 12. The van der Waals surface area contributed by atoms with Crippen LogP contribution in [-0.4, -0.2) is 175 Å². The van der Waals surface area contributed by atoms with E-state index in [9.17, 15) is 89.4 Å². The minimum absolute atomic E-state index is 0.321. The Hall–Kier alpha value is -9.64. The van der Waals surface area contributed by atoms with Gasteiger partial charge in [-0.25, -0.2) is 9.97 Å². The molecule has 4 aromatic carbocycles. The van der Waals surface area contributed by atoms with Crippen molar-refractivity contribution in [2.24, 2.45) is 0 Å². The van der Waals surface area contributed by atoms with Gasteiger partial charge in [0.15, 0.2) is 57.5 Å². The van der Waals surface area contributed by atoms with Crippen LogP contribution in [0.15, 0.2) is 133 Å². The zero-order valence-electron chi connectivity index (χ0n) is 52.9. The number of carbonyl (C=O) groups is 8. The van der Waals surface area contributed by atoms with Crippen molar-refractivity contribution in [1.82, 2.24) is 19.9 Å². The van der Waals surface area contributed by atoms with Gasteiger partial charge >= 0.3 is 0 Å². The number of benzene rings is 4. The summed E-state index contributed by atoms with van der Waals surface area (Å²) in [4.78, 5) is 127. The van der Waals surface area contributed by atoms with Crippen LogP contribution in [0.2, 0.25) is 0 Å². The lowest BCUT2D eigenvalue weighted by molar-refractivity contribution is -0.433. The first kappa shape index (κ1) is 67.8. The van der Waals surface area contributed by atoms with Gasteiger partial charge in [-0.2, -0.15) is 0 Å². The van der Waals surface area contributed by atoms with Crippen molar-refractivity contribution in [3.63, 3.8) is 0 Å². The Balaban J connectivity index is 1.17. The second-order valence-corrected chi connectivity index (χ2v) is 24.6. The molecule has 7 heterocycles. The highest BCUT2D eigenvalue weighted by atomic mass is 16.7. The van der Waals surface area contributed by atoms with E-state index in [1.165, 1.54) is 24.3 Å². The molecule has 3 aromatic heterocycles. The summed E-state index contributed by atoms with van der Waals surface area (Å²) >= 11 is 0. The maximum Gasteiger partial charge on any atom is 0.234 e. The van der Waals surface area contributed by atoms with Gasteiger partial charge in [-0.3, -0.25) is 38.4 Å². The quantitative estimate of drug-likeness (QED) is 0.0644. The van der Waals surface area contributed by atoms with Crippen LogP contribution in [0.25, 0.3) is 90.9 Å². The van der Waals surface area contributed by atoms with Crippen LogP contribution in [0.4, 0.5) is 0 Å². The Labute approximate surface area is 546 Å². The van der Waals surface area contributed by atoms with Gasteiger partial charge in [0.2, 0.25) is 45.2 Å². The lowest BCUT2D eigenvalue weighted by atomic mass is 9.53. The van der Waals surface area contributed by atoms with Crippen molar-refractivity contribution in [3.05, 3.63) is 167 Å². The SMILES string of the molecule is CC(=O)[C@]1(O)[C@@](O)(C(C)=O)[C@](CO)(C(C)=O)O[C@@](O)(c2ccc(-c3c4nc(c(-c5ccccc5)c5ccc([nH]5)c(-c5ccc([C@]6(O)O[C@@](CO)(C(C)=O)[C@](O)(C(C)=O)[C@@](O)(C(C)=O)[C@@]6(O)C(C)=O)cc5)c5nc(c(-c6ccccc6)c6ccc3[nH]6)C=C5)C=C4)cc2)[C@]1(O)C(C)=O. The van der Waals surface area contributed by atoms with Gasteiger partial charge in [0.1, 0.15) is 0 Å². The summed E-state index contributed by atoms with van der Waals surface area (Å²) in [5, 5.41) is 122. The number of H-pyrrole nitrogens is 2. The van der Waals surface area contributed by atoms with Gasteiger partial charge in [0, 0.05) is 55.4 Å². The van der Waals surface area contributed by atoms with E-state index in [1.807, 2.05) is 60.7 Å². The Morgan fingerprint density at radius 1 is 0.323 bits per heavy atom. The molecule has 8 bridgehead atoms. The first-order chi connectivity index (χ1) is 45.1. The van der Waals surface area contributed by atoms with E-state index in [-0.39, 0.29) is 0 Å². The maximum absolute atomic E-state index is 13.9. The van der Waals surface area contributed by atoms with Crippen LogP contribution < -0.4 is 0 Å². The number of aliphatic hydroxyl groups excluding tert-OH is 2. The number of ketones is 8. The Kier molecular flexibility index (Phi) is 16.3. The highest BCUT2D eigenvalue weighted by Crippen LogP contribution is 2.60. The van der Waals surface area contributed by atoms with Crippen LogP contribution in [0, 0.1) is 0 Å². The van der Waals surface area contributed by atoms with Crippen molar-refractivity contribution < 1.29 is 98.9 Å². The monoisotopic (exact) mass is 1310 g/mol. The average molecular weight is 1310 g/mol. The first-order valence-electron chi connectivity index (χ1n) is 30.1. The number of aromatic amines is 2. The minimum Gasteiger partial charge on any atom is -0.393 e. The fourth-order valence-corrected chi connectivity index (χ4v) is 14.5. The van der Waals surface area contributed by atoms with Crippen LogP contribution in [0.3, 0.4) is 0 Å². The second-order valence-electron chi connectivity index (χ2n) is 24.6. The van der Waals surface area contributed by atoms with E-state index in [0.717, 1.165) is 38.1 Å². The smallest absolute Gasteiger partial charge is 0.234 e. The van der Waals surface area contributed by atoms with Gasteiger partial charge in [-0.05, 0) is 126 Å². The maximum atomic E-state index is 13.9. The molecule has 7 aromatic rings. The molecule has 10 atom stereocenters. The number of ether oxygens (including phenoxy) is 2. The number of rotatable bonds is 16. The van der Waals surface area contributed by atoms with Crippen molar-refractivity contribution >= 4 is 92.6 Å². The van der Waals surface area contributed by atoms with Crippen LogP contribution >= 0.6 is 0 Å². The normalized spacial score (nSPS) is 29.2. The molecule has 11 rings (SSSR count). The van der Waals surface area contributed by atoms with Gasteiger partial charge in [-0.15, -0.1) is 0 Å². The molecule has 0 amide bonds. The average Bonchev–Trinajstić information content (AvgIpc) is 0.832. The van der Waals surface area contributed by atoms with Crippen LogP contribution in [0.5, 0.6) is 0 Å². The Morgan fingerprint density at radius 2 is 0.562 bits per heavy atom. The first-order valence-corrected chi connectivity index (χ1v) is 30.1. The molecule has 4 aliphatic heterocycles. The molecule has 494 valence electrons. The molecule has 0 saturated carbocycles. The summed E-state index contributed by atoms with van der Waals surface area (Å²) in [5.74, 6) is -19.8. The highest BCUT2D eigenvalue weighted by Gasteiger charge is 2.89. The molecule has 2 saturated heterocycles. The van der Waals surface area contributed by atoms with Gasteiger partial charge in [0.25, 0.3) is 0 Å². The predicted octanol–water partition coefficient (Wildman–Crippen LogP) is 4.24. The molecule has 0 aliphatic carbocycles. The summed E-state index contributed by atoms with van der Waals surface area (Å²) in [7, 11) is 0. The summed E-state index contributed by atoms with van der Waals surface area (Å²) in [6.45, 7) is 1.92. The molecule has 24 heteroatoms. The van der Waals surface area contributed by atoms with E-state index in [1.54, 1.807) is 48.6 Å². The second kappa shape index (κ2) is 23.0. The highest BCUT2D eigenvalue weighted by molar-refractivity contribution is 6.12. The fourth-order valence-electron chi connectivity index (χ4n) is 14.5. The zero-order valence-corrected chi connectivity index (χ0v) is 52.9.